The number of furan rings is 1. The van der Waals surface area contributed by atoms with Crippen molar-refractivity contribution in [3.8, 4) is 0 Å². The van der Waals surface area contributed by atoms with Gasteiger partial charge in [0.2, 0.25) is 0 Å². The Morgan fingerprint density at radius 3 is 2.79 bits per heavy atom. The van der Waals surface area contributed by atoms with E-state index >= 15 is 0 Å². The van der Waals surface area contributed by atoms with Crippen LogP contribution in [0, 0.1) is 6.92 Å². The molecule has 130 valence electrons. The summed E-state index contributed by atoms with van der Waals surface area (Å²) in [5.41, 5.74) is 1.49. The van der Waals surface area contributed by atoms with E-state index < -0.39 is 15.9 Å². The van der Waals surface area contributed by atoms with E-state index in [-0.39, 0.29) is 24.0 Å². The van der Waals surface area contributed by atoms with Crippen molar-refractivity contribution < 1.29 is 17.6 Å². The number of carbonyl (C=O) groups is 1. The van der Waals surface area contributed by atoms with E-state index in [1.54, 1.807) is 29.0 Å². The molecule has 0 unspecified atom stereocenters. The zero-order chi connectivity index (χ0) is 17.5. The minimum atomic E-state index is -3.19. The molecule has 7 nitrogen and oxygen atoms in total. The van der Waals surface area contributed by atoms with Gasteiger partial charge in [0.15, 0.2) is 15.6 Å². The normalized spacial score (nSPS) is 20.3. The molecule has 24 heavy (non-hydrogen) atoms. The van der Waals surface area contributed by atoms with E-state index in [0.717, 1.165) is 11.3 Å². The van der Waals surface area contributed by atoms with Gasteiger partial charge in [0.25, 0.3) is 5.91 Å². The predicted octanol–water partition coefficient (Wildman–Crippen LogP) is 1.50. The van der Waals surface area contributed by atoms with Crippen LogP contribution < -0.4 is 0 Å². The first-order valence-corrected chi connectivity index (χ1v) is 9.72. The molecule has 3 heterocycles. The van der Waals surface area contributed by atoms with E-state index in [4.69, 9.17) is 4.42 Å². The van der Waals surface area contributed by atoms with Gasteiger partial charge in [-0.05, 0) is 13.0 Å². The molecule has 8 heteroatoms. The zero-order valence-electron chi connectivity index (χ0n) is 14.0. The largest absolute Gasteiger partial charge is 0.456 e. The number of aromatic nitrogens is 2. The molecule has 0 aromatic carbocycles. The van der Waals surface area contributed by atoms with Crippen LogP contribution in [0.25, 0.3) is 0 Å². The van der Waals surface area contributed by atoms with Gasteiger partial charge in [0.05, 0.1) is 23.7 Å². The minimum Gasteiger partial charge on any atom is -0.456 e. The Bertz CT molecular complexity index is 866. The predicted molar refractivity (Wildman–Crippen MR) is 88.5 cm³/mol. The third-order valence-electron chi connectivity index (χ3n) is 4.31. The topological polar surface area (TPSA) is 85.4 Å². The summed E-state index contributed by atoms with van der Waals surface area (Å²) in [6, 6.07) is 1.31. The van der Waals surface area contributed by atoms with Crippen LogP contribution in [-0.4, -0.2) is 47.1 Å². The van der Waals surface area contributed by atoms with E-state index in [1.165, 1.54) is 0 Å². The number of aryl methyl sites for hydroxylation is 3. The van der Waals surface area contributed by atoms with Crippen LogP contribution >= 0.6 is 0 Å². The highest BCUT2D eigenvalue weighted by Gasteiger charge is 2.37. The Balaban J connectivity index is 1.97. The van der Waals surface area contributed by atoms with Crippen molar-refractivity contribution >= 4 is 15.7 Å². The Hall–Kier alpha value is -2.09. The van der Waals surface area contributed by atoms with Crippen LogP contribution in [0.3, 0.4) is 0 Å². The molecule has 3 rings (SSSR count). The number of hydrogen-bond acceptors (Lipinski definition) is 5. The number of hydrogen-bond donors (Lipinski definition) is 0. The van der Waals surface area contributed by atoms with Crippen molar-refractivity contribution in [1.29, 1.82) is 0 Å². The molecule has 0 N–H and O–H groups in total. The lowest BCUT2D eigenvalue weighted by Gasteiger charge is -2.34. The van der Waals surface area contributed by atoms with Crippen molar-refractivity contribution in [3.63, 3.8) is 0 Å². The second-order valence-electron chi connectivity index (χ2n) is 6.15. The van der Waals surface area contributed by atoms with Crippen LogP contribution in [0.4, 0.5) is 0 Å². The van der Waals surface area contributed by atoms with E-state index in [1.807, 2.05) is 19.9 Å². The summed E-state index contributed by atoms with van der Waals surface area (Å²) in [6.45, 7) is 3.94. The van der Waals surface area contributed by atoms with Crippen molar-refractivity contribution in [2.75, 3.05) is 18.1 Å². The van der Waals surface area contributed by atoms with E-state index in [2.05, 4.69) is 5.10 Å². The molecule has 0 radical (unpaired) electrons. The van der Waals surface area contributed by atoms with Gasteiger partial charge >= 0.3 is 0 Å². The molecule has 0 aliphatic carbocycles. The smallest absolute Gasteiger partial charge is 0.290 e. The fourth-order valence-corrected chi connectivity index (χ4v) is 4.50. The SMILES string of the molecule is CCc1cc(C)c(C(=O)N2CCS(=O)(=O)C[C@@H]2c2cnn(C)c2)o1. The molecule has 2 aromatic rings. The van der Waals surface area contributed by atoms with Gasteiger partial charge in [0.1, 0.15) is 5.76 Å². The average Bonchev–Trinajstić information content (AvgIpc) is 3.11. The molecule has 0 bridgehead atoms. The number of carbonyl (C=O) groups excluding carboxylic acids is 1. The molecule has 0 saturated carbocycles. The Labute approximate surface area is 141 Å². The monoisotopic (exact) mass is 351 g/mol. The van der Waals surface area contributed by atoms with Gasteiger partial charge in [0, 0.05) is 37.3 Å². The molecule has 1 atom stereocenters. The molecular weight excluding hydrogens is 330 g/mol. The highest BCUT2D eigenvalue weighted by Crippen LogP contribution is 2.29. The van der Waals surface area contributed by atoms with Crippen molar-refractivity contribution in [3.05, 3.63) is 41.1 Å². The fourth-order valence-electron chi connectivity index (χ4n) is 3.00. The number of amides is 1. The number of rotatable bonds is 3. The summed E-state index contributed by atoms with van der Waals surface area (Å²) in [4.78, 5) is 14.5. The van der Waals surface area contributed by atoms with Crippen LogP contribution in [-0.2, 0) is 23.3 Å². The maximum absolute atomic E-state index is 13.0. The average molecular weight is 351 g/mol. The molecule has 1 amide bonds. The first-order valence-electron chi connectivity index (χ1n) is 7.90. The summed E-state index contributed by atoms with van der Waals surface area (Å²) in [5, 5.41) is 4.10. The molecule has 1 saturated heterocycles. The number of sulfone groups is 1. The second-order valence-corrected chi connectivity index (χ2v) is 8.38. The molecule has 0 spiro atoms. The summed E-state index contributed by atoms with van der Waals surface area (Å²) >= 11 is 0. The lowest BCUT2D eigenvalue weighted by molar-refractivity contribution is 0.0662. The standard InChI is InChI=1S/C16H21N3O4S/c1-4-13-7-11(2)15(23-13)16(20)19-5-6-24(21,22)10-14(19)12-8-17-18(3)9-12/h7-9,14H,4-6,10H2,1-3H3/t14-/m1/s1. The van der Waals surface area contributed by atoms with Crippen molar-refractivity contribution in [1.82, 2.24) is 14.7 Å². The Morgan fingerprint density at radius 2 is 2.21 bits per heavy atom. The third-order valence-corrected chi connectivity index (χ3v) is 5.94. The van der Waals surface area contributed by atoms with Crippen LogP contribution in [0.15, 0.2) is 22.9 Å². The van der Waals surface area contributed by atoms with E-state index in [0.29, 0.717) is 17.7 Å². The van der Waals surface area contributed by atoms with Crippen LogP contribution in [0.2, 0.25) is 0 Å². The summed E-state index contributed by atoms with van der Waals surface area (Å²) in [6.07, 6.45) is 4.06. The first kappa shape index (κ1) is 16.8. The Morgan fingerprint density at radius 1 is 1.46 bits per heavy atom. The van der Waals surface area contributed by atoms with E-state index in [9.17, 15) is 13.2 Å². The Kier molecular flexibility index (Phi) is 4.25. The maximum atomic E-state index is 13.0. The molecule has 1 fully saturated rings. The van der Waals surface area contributed by atoms with Gasteiger partial charge in [-0.1, -0.05) is 6.92 Å². The van der Waals surface area contributed by atoms with Gasteiger partial charge in [-0.15, -0.1) is 0 Å². The lowest BCUT2D eigenvalue weighted by atomic mass is 10.1. The van der Waals surface area contributed by atoms with Gasteiger partial charge < -0.3 is 9.32 Å². The van der Waals surface area contributed by atoms with Gasteiger partial charge in [-0.3, -0.25) is 9.48 Å². The second kappa shape index (κ2) is 6.08. The lowest BCUT2D eigenvalue weighted by Crippen LogP contribution is -2.46. The number of nitrogens with zero attached hydrogens (tertiary/aromatic N) is 3. The van der Waals surface area contributed by atoms with Gasteiger partial charge in [-0.25, -0.2) is 8.42 Å². The maximum Gasteiger partial charge on any atom is 0.290 e. The molecule has 2 aromatic heterocycles. The van der Waals surface area contributed by atoms with Gasteiger partial charge in [-0.2, -0.15) is 5.10 Å². The first-order chi connectivity index (χ1) is 11.3. The third kappa shape index (κ3) is 3.10. The highest BCUT2D eigenvalue weighted by molar-refractivity contribution is 7.91. The summed E-state index contributed by atoms with van der Waals surface area (Å²) < 4.78 is 31.4. The summed E-state index contributed by atoms with van der Waals surface area (Å²) in [5.74, 6) is 0.648. The van der Waals surface area contributed by atoms with Crippen LogP contribution in [0.5, 0.6) is 0 Å². The molecule has 1 aliphatic heterocycles. The van der Waals surface area contributed by atoms with Crippen LogP contribution in [0.1, 0.15) is 40.4 Å². The van der Waals surface area contributed by atoms with Crippen molar-refractivity contribution in [2.45, 2.75) is 26.3 Å². The fraction of sp³-hybridized carbons (Fsp3) is 0.500. The quantitative estimate of drug-likeness (QED) is 0.836. The highest BCUT2D eigenvalue weighted by atomic mass is 32.2. The minimum absolute atomic E-state index is 0.0319. The zero-order valence-corrected chi connectivity index (χ0v) is 14.8. The summed E-state index contributed by atoms with van der Waals surface area (Å²) in [7, 11) is -1.43. The molecule has 1 aliphatic rings. The van der Waals surface area contributed by atoms with Crippen molar-refractivity contribution in [2.24, 2.45) is 7.05 Å². The molecular formula is C16H21N3O4S.